The molecule has 0 saturated carbocycles. The summed E-state index contributed by atoms with van der Waals surface area (Å²) in [5.41, 5.74) is 2.12. The summed E-state index contributed by atoms with van der Waals surface area (Å²) in [5.74, 6) is 2.26. The Labute approximate surface area is 164 Å². The second-order valence-electron chi connectivity index (χ2n) is 7.93. The van der Waals surface area contributed by atoms with Gasteiger partial charge in [0.2, 0.25) is 12.7 Å². The van der Waals surface area contributed by atoms with Crippen molar-refractivity contribution in [3.63, 3.8) is 0 Å². The van der Waals surface area contributed by atoms with E-state index in [0.717, 1.165) is 29.9 Å². The molecule has 1 N–H and O–H groups in total. The molecule has 4 rings (SSSR count). The number of nitrogens with zero attached hydrogens (tertiary/aromatic N) is 1. The summed E-state index contributed by atoms with van der Waals surface area (Å²) in [6.07, 6.45) is 2.26. The zero-order chi connectivity index (χ0) is 19.7. The van der Waals surface area contributed by atoms with Crippen LogP contribution in [0.25, 0.3) is 0 Å². The van der Waals surface area contributed by atoms with Gasteiger partial charge in [0, 0.05) is 19.5 Å². The topological polar surface area (TPSA) is 68.2 Å². The third-order valence-electron chi connectivity index (χ3n) is 5.55. The molecule has 1 fully saturated rings. The Morgan fingerprint density at radius 2 is 1.93 bits per heavy atom. The molecule has 2 aromatic carbocycles. The number of rotatable bonds is 5. The molecule has 0 bridgehead atoms. The number of hydrogen-bond acceptors (Lipinski definition) is 5. The molecule has 2 aliphatic rings. The van der Waals surface area contributed by atoms with Gasteiger partial charge < -0.3 is 24.2 Å². The maximum absolute atomic E-state index is 12.5. The van der Waals surface area contributed by atoms with Crippen LogP contribution in [0.2, 0.25) is 0 Å². The summed E-state index contributed by atoms with van der Waals surface area (Å²) >= 11 is 0. The minimum Gasteiger partial charge on any atom is -0.504 e. The molecule has 2 aromatic rings. The number of phenolic OH excluding ortho intramolecular Hbond substituents is 1. The van der Waals surface area contributed by atoms with E-state index in [0.29, 0.717) is 25.3 Å². The van der Waals surface area contributed by atoms with Crippen molar-refractivity contribution in [2.45, 2.75) is 32.7 Å². The lowest BCUT2D eigenvalue weighted by Gasteiger charge is -2.40. The fraction of sp³-hybridized carbons (Fsp3) is 0.409. The van der Waals surface area contributed by atoms with E-state index >= 15 is 0 Å². The number of carbonyl (C=O) groups is 1. The minimum atomic E-state index is -0.0113. The van der Waals surface area contributed by atoms with E-state index in [-0.39, 0.29) is 23.9 Å². The molecule has 6 heteroatoms. The molecule has 1 amide bonds. The summed E-state index contributed by atoms with van der Waals surface area (Å²) in [7, 11) is 1.52. The molecule has 1 unspecified atom stereocenters. The second kappa shape index (κ2) is 7.26. The fourth-order valence-electron chi connectivity index (χ4n) is 4.07. The van der Waals surface area contributed by atoms with E-state index < -0.39 is 0 Å². The molecule has 0 spiro atoms. The summed E-state index contributed by atoms with van der Waals surface area (Å²) in [6.45, 7) is 3.69. The minimum absolute atomic E-state index is 0.0113. The largest absolute Gasteiger partial charge is 0.504 e. The van der Waals surface area contributed by atoms with Crippen molar-refractivity contribution in [2.24, 2.45) is 5.41 Å². The molecule has 2 aliphatic heterocycles. The predicted octanol–water partition coefficient (Wildman–Crippen LogP) is 3.50. The molecule has 0 aliphatic carbocycles. The van der Waals surface area contributed by atoms with Gasteiger partial charge in [-0.25, -0.2) is 0 Å². The summed E-state index contributed by atoms with van der Waals surface area (Å²) in [5, 5.41) is 9.78. The van der Waals surface area contributed by atoms with Gasteiger partial charge in [0.05, 0.1) is 7.11 Å². The third kappa shape index (κ3) is 3.72. The zero-order valence-electron chi connectivity index (χ0n) is 16.2. The molecule has 0 aromatic heterocycles. The number of fused-ring (bicyclic) bond motifs is 1. The van der Waals surface area contributed by atoms with Crippen molar-refractivity contribution in [1.82, 2.24) is 4.90 Å². The molecule has 2 heterocycles. The van der Waals surface area contributed by atoms with Crippen LogP contribution in [-0.2, 0) is 17.8 Å². The normalized spacial score (nSPS) is 21.1. The van der Waals surface area contributed by atoms with E-state index in [1.807, 2.05) is 23.1 Å². The summed E-state index contributed by atoms with van der Waals surface area (Å²) in [6, 6.07) is 11.3. The smallest absolute Gasteiger partial charge is 0.231 e. The maximum Gasteiger partial charge on any atom is 0.231 e. The van der Waals surface area contributed by atoms with Crippen LogP contribution in [-0.4, -0.2) is 36.4 Å². The maximum atomic E-state index is 12.5. The first-order chi connectivity index (χ1) is 13.5. The highest BCUT2D eigenvalue weighted by Gasteiger charge is 2.35. The van der Waals surface area contributed by atoms with Gasteiger partial charge >= 0.3 is 0 Å². The van der Waals surface area contributed by atoms with Gasteiger partial charge in [0.25, 0.3) is 0 Å². The van der Waals surface area contributed by atoms with Gasteiger partial charge in [-0.2, -0.15) is 0 Å². The number of aromatic hydroxyl groups is 1. The molecular formula is C22H25NO5. The Morgan fingerprint density at radius 3 is 2.75 bits per heavy atom. The van der Waals surface area contributed by atoms with Crippen LogP contribution in [0.3, 0.4) is 0 Å². The number of methoxy groups -OCH3 is 1. The van der Waals surface area contributed by atoms with E-state index in [2.05, 4.69) is 13.0 Å². The van der Waals surface area contributed by atoms with Gasteiger partial charge in [-0.1, -0.05) is 19.1 Å². The standard InChI is InChI=1S/C22H25NO5/c1-22(11-15-4-6-18-20(9-15)28-14-27-18)8-7-21(25)23(13-22)12-16-3-5-17(24)19(10-16)26-2/h3-6,9-10,24H,7-8,11-14H2,1-2H3. The lowest BCUT2D eigenvalue weighted by molar-refractivity contribution is -0.137. The molecule has 6 nitrogen and oxygen atoms in total. The van der Waals surface area contributed by atoms with Crippen LogP contribution in [0, 0.1) is 5.41 Å². The number of piperidine rings is 1. The summed E-state index contributed by atoms with van der Waals surface area (Å²) in [4.78, 5) is 14.4. The average molecular weight is 383 g/mol. The van der Waals surface area contributed by atoms with E-state index in [9.17, 15) is 9.90 Å². The first-order valence-electron chi connectivity index (χ1n) is 9.48. The van der Waals surface area contributed by atoms with Crippen LogP contribution < -0.4 is 14.2 Å². The first kappa shape index (κ1) is 18.5. The van der Waals surface area contributed by atoms with Gasteiger partial charge in [-0.3, -0.25) is 4.79 Å². The number of carbonyl (C=O) groups excluding carboxylic acids is 1. The Morgan fingerprint density at radius 1 is 1.14 bits per heavy atom. The van der Waals surface area contributed by atoms with Crippen LogP contribution in [0.15, 0.2) is 36.4 Å². The van der Waals surface area contributed by atoms with Gasteiger partial charge in [0.1, 0.15) is 0 Å². The van der Waals surface area contributed by atoms with Crippen molar-refractivity contribution in [1.29, 1.82) is 0 Å². The van der Waals surface area contributed by atoms with Crippen molar-refractivity contribution in [2.75, 3.05) is 20.4 Å². The number of ether oxygens (including phenoxy) is 3. The highest BCUT2D eigenvalue weighted by molar-refractivity contribution is 5.77. The molecule has 28 heavy (non-hydrogen) atoms. The van der Waals surface area contributed by atoms with Crippen molar-refractivity contribution in [3.8, 4) is 23.0 Å². The third-order valence-corrected chi connectivity index (χ3v) is 5.55. The lowest BCUT2D eigenvalue weighted by atomic mass is 9.76. The van der Waals surface area contributed by atoms with Gasteiger partial charge in [0.15, 0.2) is 23.0 Å². The number of phenols is 1. The Balaban J connectivity index is 1.48. The first-order valence-corrected chi connectivity index (χ1v) is 9.48. The average Bonchev–Trinajstić information content (AvgIpc) is 3.14. The predicted molar refractivity (Wildman–Crippen MR) is 104 cm³/mol. The fourth-order valence-corrected chi connectivity index (χ4v) is 4.07. The molecule has 1 atom stereocenters. The Hall–Kier alpha value is -2.89. The van der Waals surface area contributed by atoms with Crippen molar-refractivity contribution >= 4 is 5.91 Å². The Bertz CT molecular complexity index is 896. The van der Waals surface area contributed by atoms with E-state index in [4.69, 9.17) is 14.2 Å². The van der Waals surface area contributed by atoms with E-state index in [1.165, 1.54) is 12.7 Å². The quantitative estimate of drug-likeness (QED) is 0.856. The van der Waals surface area contributed by atoms with Crippen LogP contribution >= 0.6 is 0 Å². The number of benzene rings is 2. The SMILES string of the molecule is COc1cc(CN2CC(C)(Cc3ccc4c(c3)OCO4)CCC2=O)ccc1O. The molecule has 148 valence electrons. The highest BCUT2D eigenvalue weighted by atomic mass is 16.7. The van der Waals surface area contributed by atoms with Crippen LogP contribution in [0.4, 0.5) is 0 Å². The number of amides is 1. The highest BCUT2D eigenvalue weighted by Crippen LogP contribution is 2.38. The Kier molecular flexibility index (Phi) is 4.79. The summed E-state index contributed by atoms with van der Waals surface area (Å²) < 4.78 is 16.1. The number of likely N-dealkylation sites (tertiary alicyclic amines) is 1. The number of hydrogen-bond donors (Lipinski definition) is 1. The van der Waals surface area contributed by atoms with Gasteiger partial charge in [-0.05, 0) is 53.6 Å². The van der Waals surface area contributed by atoms with Crippen LogP contribution in [0.5, 0.6) is 23.0 Å². The molecule has 1 saturated heterocycles. The van der Waals surface area contributed by atoms with Crippen molar-refractivity contribution in [3.05, 3.63) is 47.5 Å². The van der Waals surface area contributed by atoms with E-state index in [1.54, 1.807) is 12.1 Å². The molecular weight excluding hydrogens is 358 g/mol. The van der Waals surface area contributed by atoms with Gasteiger partial charge in [-0.15, -0.1) is 0 Å². The van der Waals surface area contributed by atoms with Crippen LogP contribution in [0.1, 0.15) is 30.9 Å². The lowest BCUT2D eigenvalue weighted by Crippen LogP contribution is -2.45. The second-order valence-corrected chi connectivity index (χ2v) is 7.93. The monoisotopic (exact) mass is 383 g/mol. The van der Waals surface area contributed by atoms with Crippen molar-refractivity contribution < 1.29 is 24.1 Å². The molecule has 0 radical (unpaired) electrons. The zero-order valence-corrected chi connectivity index (χ0v) is 16.2.